The molecule has 2 aromatic heterocycles. The number of aromatic nitrogens is 2. The fraction of sp³-hybridized carbons (Fsp3) is 0.500. The van der Waals surface area contributed by atoms with Crippen molar-refractivity contribution in [1.82, 2.24) is 14.9 Å². The molecule has 1 aliphatic carbocycles. The predicted molar refractivity (Wildman–Crippen MR) is 90.2 cm³/mol. The van der Waals surface area contributed by atoms with E-state index in [1.807, 2.05) is 0 Å². The van der Waals surface area contributed by atoms with Gasteiger partial charge >= 0.3 is 0 Å². The van der Waals surface area contributed by atoms with Crippen molar-refractivity contribution in [1.29, 1.82) is 0 Å². The second kappa shape index (κ2) is 7.03. The van der Waals surface area contributed by atoms with Gasteiger partial charge in [-0.15, -0.1) is 0 Å². The third kappa shape index (κ3) is 3.58. The van der Waals surface area contributed by atoms with Gasteiger partial charge in [-0.05, 0) is 32.8 Å². The Morgan fingerprint density at radius 1 is 1.33 bits per heavy atom. The zero-order valence-electron chi connectivity index (χ0n) is 14.2. The van der Waals surface area contributed by atoms with E-state index in [1.165, 1.54) is 17.4 Å². The van der Waals surface area contributed by atoms with Crippen molar-refractivity contribution < 1.29 is 9.21 Å². The highest BCUT2D eigenvalue weighted by atomic mass is 16.3. The van der Waals surface area contributed by atoms with E-state index < -0.39 is 0 Å². The van der Waals surface area contributed by atoms with Gasteiger partial charge in [-0.1, -0.05) is 12.8 Å². The minimum atomic E-state index is -0.187. The number of hydrogen-bond acceptors (Lipinski definition) is 4. The summed E-state index contributed by atoms with van der Waals surface area (Å²) < 4.78 is 6.89. The van der Waals surface area contributed by atoms with E-state index in [2.05, 4.69) is 10.3 Å². The van der Waals surface area contributed by atoms with E-state index in [1.54, 1.807) is 32.3 Å². The fourth-order valence-corrected chi connectivity index (χ4v) is 3.29. The van der Waals surface area contributed by atoms with Crippen LogP contribution in [-0.2, 0) is 6.54 Å². The number of nitrogens with zero attached hydrogens (tertiary/aromatic N) is 2. The third-order valence-corrected chi connectivity index (χ3v) is 4.60. The highest BCUT2D eigenvalue weighted by molar-refractivity contribution is 5.95. The number of rotatable bonds is 5. The molecule has 0 unspecified atom stereocenters. The van der Waals surface area contributed by atoms with Gasteiger partial charge in [-0.25, -0.2) is 4.98 Å². The van der Waals surface area contributed by atoms with Gasteiger partial charge in [0, 0.05) is 25.1 Å². The molecule has 0 aromatic carbocycles. The molecule has 0 radical (unpaired) electrons. The molecule has 2 aromatic rings. The summed E-state index contributed by atoms with van der Waals surface area (Å²) in [5, 5.41) is 2.81. The van der Waals surface area contributed by atoms with Gasteiger partial charge in [-0.3, -0.25) is 14.2 Å². The molecular formula is C18H23N3O3. The maximum absolute atomic E-state index is 12.2. The average Bonchev–Trinajstić information content (AvgIpc) is 3.18. The Balaban J connectivity index is 1.57. The fourth-order valence-electron chi connectivity index (χ4n) is 3.29. The molecule has 1 saturated carbocycles. The second-order valence-electron chi connectivity index (χ2n) is 6.41. The molecule has 2 heterocycles. The van der Waals surface area contributed by atoms with Crippen molar-refractivity contribution in [2.24, 2.45) is 0 Å². The molecule has 0 bridgehead atoms. The zero-order valence-corrected chi connectivity index (χ0v) is 14.2. The van der Waals surface area contributed by atoms with E-state index in [9.17, 15) is 9.59 Å². The quantitative estimate of drug-likeness (QED) is 0.914. The van der Waals surface area contributed by atoms with Gasteiger partial charge in [0.25, 0.3) is 11.5 Å². The number of hydrogen-bond donors (Lipinski definition) is 1. The molecule has 1 fully saturated rings. The summed E-state index contributed by atoms with van der Waals surface area (Å²) in [5.41, 5.74) is 1.38. The van der Waals surface area contributed by atoms with Crippen molar-refractivity contribution in [3.63, 3.8) is 0 Å². The summed E-state index contributed by atoms with van der Waals surface area (Å²) in [7, 11) is 0. The predicted octanol–water partition coefficient (Wildman–Crippen LogP) is 2.54. The molecule has 128 valence electrons. The molecule has 1 N–H and O–H groups in total. The molecule has 0 aliphatic heterocycles. The van der Waals surface area contributed by atoms with E-state index in [0.29, 0.717) is 36.1 Å². The van der Waals surface area contributed by atoms with Gasteiger partial charge in [-0.2, -0.15) is 0 Å². The lowest BCUT2D eigenvalue weighted by Crippen LogP contribution is -2.31. The van der Waals surface area contributed by atoms with Crippen LogP contribution in [0, 0.1) is 13.8 Å². The standard InChI is InChI=1S/C18H23N3O3/c1-12-9-15(13(2)24-12)18(23)19-7-8-21-11-20-16(10-17(21)22)14-5-3-4-6-14/h9-11,14H,3-8H2,1-2H3,(H,19,23). The number of amides is 1. The molecule has 1 amide bonds. The number of nitrogens with one attached hydrogen (secondary N) is 1. The molecule has 1 aliphatic rings. The number of carbonyl (C=O) groups excluding carboxylic acids is 1. The maximum Gasteiger partial charge on any atom is 0.254 e. The van der Waals surface area contributed by atoms with Crippen LogP contribution in [-0.4, -0.2) is 22.0 Å². The summed E-state index contributed by atoms with van der Waals surface area (Å²) in [6, 6.07) is 3.36. The van der Waals surface area contributed by atoms with E-state index in [-0.39, 0.29) is 11.5 Å². The number of aryl methyl sites for hydroxylation is 2. The van der Waals surface area contributed by atoms with E-state index >= 15 is 0 Å². The smallest absolute Gasteiger partial charge is 0.254 e. The van der Waals surface area contributed by atoms with Crippen molar-refractivity contribution in [2.45, 2.75) is 52.0 Å². The largest absolute Gasteiger partial charge is 0.466 e. The molecular weight excluding hydrogens is 306 g/mol. The summed E-state index contributed by atoms with van der Waals surface area (Å²) in [6.07, 6.45) is 6.27. The summed E-state index contributed by atoms with van der Waals surface area (Å²) in [6.45, 7) is 4.34. The normalized spacial score (nSPS) is 14.9. The Kier molecular flexibility index (Phi) is 4.83. The number of carbonyl (C=O) groups is 1. The van der Waals surface area contributed by atoms with E-state index in [4.69, 9.17) is 4.42 Å². The van der Waals surface area contributed by atoms with Gasteiger partial charge < -0.3 is 9.73 Å². The molecule has 3 rings (SSSR count). The summed E-state index contributed by atoms with van der Waals surface area (Å²) in [5.74, 6) is 1.55. The van der Waals surface area contributed by atoms with Crippen LogP contribution in [0.1, 0.15) is 59.2 Å². The Labute approximate surface area is 140 Å². The summed E-state index contributed by atoms with van der Waals surface area (Å²) >= 11 is 0. The van der Waals surface area contributed by atoms with Crippen LogP contribution in [0.3, 0.4) is 0 Å². The van der Waals surface area contributed by atoms with Crippen molar-refractivity contribution in [2.75, 3.05) is 6.54 Å². The minimum absolute atomic E-state index is 0.0588. The molecule has 0 saturated heterocycles. The first kappa shape index (κ1) is 16.5. The Morgan fingerprint density at radius 2 is 2.08 bits per heavy atom. The lowest BCUT2D eigenvalue weighted by atomic mass is 10.0. The monoisotopic (exact) mass is 329 g/mol. The van der Waals surface area contributed by atoms with Crippen LogP contribution in [0.2, 0.25) is 0 Å². The molecule has 24 heavy (non-hydrogen) atoms. The van der Waals surface area contributed by atoms with Gasteiger partial charge in [0.05, 0.1) is 17.6 Å². The van der Waals surface area contributed by atoms with Gasteiger partial charge in [0.15, 0.2) is 0 Å². The van der Waals surface area contributed by atoms with E-state index in [0.717, 1.165) is 18.5 Å². The van der Waals surface area contributed by atoms with Crippen LogP contribution >= 0.6 is 0 Å². The van der Waals surface area contributed by atoms with Gasteiger partial charge in [0.2, 0.25) is 0 Å². The first-order valence-corrected chi connectivity index (χ1v) is 8.46. The van der Waals surface area contributed by atoms with Crippen LogP contribution < -0.4 is 10.9 Å². The highest BCUT2D eigenvalue weighted by Gasteiger charge is 2.19. The lowest BCUT2D eigenvalue weighted by Gasteiger charge is -2.10. The Morgan fingerprint density at radius 3 is 2.71 bits per heavy atom. The van der Waals surface area contributed by atoms with Crippen LogP contribution in [0.25, 0.3) is 0 Å². The van der Waals surface area contributed by atoms with Crippen molar-refractivity contribution >= 4 is 5.91 Å². The van der Waals surface area contributed by atoms with Crippen molar-refractivity contribution in [3.8, 4) is 0 Å². The zero-order chi connectivity index (χ0) is 17.1. The maximum atomic E-state index is 12.2. The van der Waals surface area contributed by atoms with Crippen LogP contribution in [0.4, 0.5) is 0 Å². The first-order valence-electron chi connectivity index (χ1n) is 8.46. The Hall–Kier alpha value is -2.37. The lowest BCUT2D eigenvalue weighted by molar-refractivity contribution is 0.0950. The van der Waals surface area contributed by atoms with Crippen LogP contribution in [0.15, 0.2) is 27.7 Å². The summed E-state index contributed by atoms with van der Waals surface area (Å²) in [4.78, 5) is 28.7. The molecule has 0 atom stereocenters. The number of furan rings is 1. The molecule has 6 nitrogen and oxygen atoms in total. The topological polar surface area (TPSA) is 77.1 Å². The first-order chi connectivity index (χ1) is 11.5. The van der Waals surface area contributed by atoms with Gasteiger partial charge in [0.1, 0.15) is 11.5 Å². The third-order valence-electron chi connectivity index (χ3n) is 4.60. The highest BCUT2D eigenvalue weighted by Crippen LogP contribution is 2.32. The van der Waals surface area contributed by atoms with Crippen molar-refractivity contribution in [3.05, 3.63) is 51.6 Å². The second-order valence-corrected chi connectivity index (χ2v) is 6.41. The Bertz CT molecular complexity index is 785. The molecule has 6 heteroatoms. The van der Waals surface area contributed by atoms with Crippen LogP contribution in [0.5, 0.6) is 0 Å². The molecule has 0 spiro atoms. The minimum Gasteiger partial charge on any atom is -0.466 e. The SMILES string of the molecule is Cc1cc(C(=O)NCCn2cnc(C3CCCC3)cc2=O)c(C)o1. The average molecular weight is 329 g/mol.